The van der Waals surface area contributed by atoms with Crippen molar-refractivity contribution in [2.75, 3.05) is 19.6 Å². The molecule has 2 heteroatoms. The smallest absolute Gasteiger partial charge is 0.0218 e. The normalized spacial score (nSPS) is 21.0. The van der Waals surface area contributed by atoms with Gasteiger partial charge in [-0.3, -0.25) is 4.90 Å². The number of hydrogen-bond acceptors (Lipinski definition) is 2. The van der Waals surface area contributed by atoms with E-state index < -0.39 is 0 Å². The van der Waals surface area contributed by atoms with Gasteiger partial charge in [-0.05, 0) is 44.2 Å². The van der Waals surface area contributed by atoms with Gasteiger partial charge in [0, 0.05) is 12.6 Å². The Morgan fingerprint density at radius 1 is 1.18 bits per heavy atom. The van der Waals surface area contributed by atoms with Crippen LogP contribution in [-0.4, -0.2) is 30.6 Å². The molecule has 1 unspecified atom stereocenters. The monoisotopic (exact) mass is 240 g/mol. The highest BCUT2D eigenvalue weighted by Gasteiger charge is 2.25. The molecule has 0 saturated carbocycles. The molecule has 0 bridgehead atoms. The van der Waals surface area contributed by atoms with Gasteiger partial charge in [-0.15, -0.1) is 0 Å². The molecular weight excluding hydrogens is 208 g/mol. The zero-order valence-electron chi connectivity index (χ0n) is 12.1. The van der Waals surface area contributed by atoms with Crippen LogP contribution in [-0.2, 0) is 0 Å². The highest BCUT2D eigenvalue weighted by atomic mass is 15.2. The largest absolute Gasteiger partial charge is 0.329 e. The molecule has 1 aliphatic heterocycles. The van der Waals surface area contributed by atoms with Crippen molar-refractivity contribution in [3.05, 3.63) is 0 Å². The fraction of sp³-hybridized carbons (Fsp3) is 1.00. The maximum absolute atomic E-state index is 5.94. The Labute approximate surface area is 108 Å². The summed E-state index contributed by atoms with van der Waals surface area (Å²) in [6, 6.07) is 0.648. The summed E-state index contributed by atoms with van der Waals surface area (Å²) >= 11 is 0. The van der Waals surface area contributed by atoms with Crippen molar-refractivity contribution < 1.29 is 0 Å². The molecule has 1 heterocycles. The van der Waals surface area contributed by atoms with E-state index in [4.69, 9.17) is 5.73 Å². The van der Waals surface area contributed by atoms with E-state index in [0.29, 0.717) is 6.04 Å². The van der Waals surface area contributed by atoms with Crippen molar-refractivity contribution in [3.8, 4) is 0 Å². The molecule has 1 rings (SSSR count). The minimum absolute atomic E-state index is 0.648. The van der Waals surface area contributed by atoms with Crippen molar-refractivity contribution >= 4 is 0 Å². The number of likely N-dealkylation sites (tertiary alicyclic amines) is 1. The van der Waals surface area contributed by atoms with E-state index in [2.05, 4.69) is 25.7 Å². The van der Waals surface area contributed by atoms with Gasteiger partial charge in [-0.2, -0.15) is 0 Å². The van der Waals surface area contributed by atoms with E-state index in [-0.39, 0.29) is 0 Å². The molecule has 1 atom stereocenters. The van der Waals surface area contributed by atoms with E-state index >= 15 is 0 Å². The van der Waals surface area contributed by atoms with Gasteiger partial charge in [0.15, 0.2) is 0 Å². The van der Waals surface area contributed by atoms with Crippen LogP contribution in [0.3, 0.4) is 0 Å². The van der Waals surface area contributed by atoms with E-state index in [1.165, 1.54) is 51.6 Å². The summed E-state index contributed by atoms with van der Waals surface area (Å²) in [7, 11) is 0. The highest BCUT2D eigenvalue weighted by molar-refractivity contribution is 4.80. The molecule has 17 heavy (non-hydrogen) atoms. The Balaban J connectivity index is 2.29. The van der Waals surface area contributed by atoms with Crippen LogP contribution in [0.2, 0.25) is 0 Å². The maximum atomic E-state index is 5.94. The highest BCUT2D eigenvalue weighted by Crippen LogP contribution is 2.26. The summed E-state index contributed by atoms with van der Waals surface area (Å²) in [5.74, 6) is 1.80. The third-order valence-corrected chi connectivity index (χ3v) is 4.45. The van der Waals surface area contributed by atoms with Crippen molar-refractivity contribution in [2.45, 2.75) is 65.3 Å². The molecular formula is C15H32N2. The van der Waals surface area contributed by atoms with Crippen LogP contribution in [0.1, 0.15) is 59.3 Å². The van der Waals surface area contributed by atoms with Gasteiger partial charge in [-0.1, -0.05) is 40.0 Å². The summed E-state index contributed by atoms with van der Waals surface area (Å²) in [4.78, 5) is 2.65. The predicted molar refractivity (Wildman–Crippen MR) is 76.1 cm³/mol. The third-order valence-electron chi connectivity index (χ3n) is 4.45. The van der Waals surface area contributed by atoms with E-state index in [1.807, 2.05) is 0 Å². The molecule has 0 aromatic carbocycles. The molecule has 1 saturated heterocycles. The predicted octanol–water partition coefficient (Wildman–Crippen LogP) is 3.26. The molecule has 2 N–H and O–H groups in total. The van der Waals surface area contributed by atoms with Crippen LogP contribution >= 0.6 is 0 Å². The lowest BCUT2D eigenvalue weighted by atomic mass is 9.86. The average molecular weight is 240 g/mol. The summed E-state index contributed by atoms with van der Waals surface area (Å²) in [6.45, 7) is 10.4. The fourth-order valence-corrected chi connectivity index (χ4v) is 3.03. The number of piperidine rings is 1. The molecule has 0 amide bonds. The lowest BCUT2D eigenvalue weighted by molar-refractivity contribution is 0.111. The zero-order chi connectivity index (χ0) is 12.7. The molecule has 1 fully saturated rings. The van der Waals surface area contributed by atoms with E-state index in [0.717, 1.165) is 18.4 Å². The van der Waals surface area contributed by atoms with Crippen LogP contribution in [0, 0.1) is 11.8 Å². The van der Waals surface area contributed by atoms with Gasteiger partial charge < -0.3 is 5.73 Å². The third kappa shape index (κ3) is 4.97. The number of unbranched alkanes of at least 4 members (excludes halogenated alkanes) is 2. The summed E-state index contributed by atoms with van der Waals surface area (Å²) < 4.78 is 0. The van der Waals surface area contributed by atoms with Crippen LogP contribution in [0.5, 0.6) is 0 Å². The van der Waals surface area contributed by atoms with Crippen LogP contribution < -0.4 is 5.73 Å². The molecule has 0 spiro atoms. The lowest BCUT2D eigenvalue weighted by Crippen LogP contribution is -2.45. The summed E-state index contributed by atoms with van der Waals surface area (Å²) in [5.41, 5.74) is 5.94. The van der Waals surface area contributed by atoms with Gasteiger partial charge >= 0.3 is 0 Å². The van der Waals surface area contributed by atoms with Gasteiger partial charge in [0.05, 0.1) is 0 Å². The van der Waals surface area contributed by atoms with Crippen molar-refractivity contribution in [2.24, 2.45) is 17.6 Å². The first kappa shape index (κ1) is 15.0. The number of rotatable bonds is 7. The summed E-state index contributed by atoms with van der Waals surface area (Å²) in [5, 5.41) is 0. The number of nitrogens with two attached hydrogens (primary N) is 1. The Hall–Kier alpha value is -0.0800. The molecule has 0 aliphatic carbocycles. The topological polar surface area (TPSA) is 29.3 Å². The molecule has 0 aromatic heterocycles. The Morgan fingerprint density at radius 3 is 2.29 bits per heavy atom. The molecule has 0 radical (unpaired) electrons. The number of nitrogens with zero attached hydrogens (tertiary/aromatic N) is 1. The van der Waals surface area contributed by atoms with Crippen molar-refractivity contribution in [1.82, 2.24) is 4.90 Å². The first-order valence-electron chi connectivity index (χ1n) is 7.63. The average Bonchev–Trinajstić information content (AvgIpc) is 2.35. The van der Waals surface area contributed by atoms with E-state index in [1.54, 1.807) is 0 Å². The maximum Gasteiger partial charge on any atom is 0.0218 e. The SMILES string of the molecule is CCCCCC(CN)N1CCC(C(C)C)CC1. The van der Waals surface area contributed by atoms with Gasteiger partial charge in [-0.25, -0.2) is 0 Å². The molecule has 2 nitrogen and oxygen atoms in total. The van der Waals surface area contributed by atoms with Crippen LogP contribution in [0.25, 0.3) is 0 Å². The Bertz CT molecular complexity index is 183. The fourth-order valence-electron chi connectivity index (χ4n) is 3.03. The van der Waals surface area contributed by atoms with Crippen molar-refractivity contribution in [1.29, 1.82) is 0 Å². The second kappa shape index (κ2) is 8.10. The quantitative estimate of drug-likeness (QED) is 0.692. The minimum Gasteiger partial charge on any atom is -0.329 e. The first-order chi connectivity index (χ1) is 8.19. The standard InChI is InChI=1S/C15H32N2/c1-4-5-6-7-15(12-16)17-10-8-14(9-11-17)13(2)3/h13-15H,4-12,16H2,1-3H3. The number of hydrogen-bond donors (Lipinski definition) is 1. The minimum atomic E-state index is 0.648. The zero-order valence-corrected chi connectivity index (χ0v) is 12.1. The lowest BCUT2D eigenvalue weighted by Gasteiger charge is -2.38. The second-order valence-electron chi connectivity index (χ2n) is 6.00. The molecule has 0 aromatic rings. The van der Waals surface area contributed by atoms with Crippen molar-refractivity contribution in [3.63, 3.8) is 0 Å². The van der Waals surface area contributed by atoms with Crippen LogP contribution in [0.4, 0.5) is 0 Å². The van der Waals surface area contributed by atoms with Crippen LogP contribution in [0.15, 0.2) is 0 Å². The molecule has 1 aliphatic rings. The van der Waals surface area contributed by atoms with Gasteiger partial charge in [0.1, 0.15) is 0 Å². The Kier molecular flexibility index (Phi) is 7.14. The van der Waals surface area contributed by atoms with E-state index in [9.17, 15) is 0 Å². The first-order valence-corrected chi connectivity index (χ1v) is 7.63. The molecule has 102 valence electrons. The second-order valence-corrected chi connectivity index (χ2v) is 6.00. The summed E-state index contributed by atoms with van der Waals surface area (Å²) in [6.07, 6.45) is 8.08. The van der Waals surface area contributed by atoms with Gasteiger partial charge in [0.25, 0.3) is 0 Å². The van der Waals surface area contributed by atoms with Gasteiger partial charge in [0.2, 0.25) is 0 Å². The Morgan fingerprint density at radius 2 is 1.82 bits per heavy atom.